The molecule has 1 rings (SSSR count). The number of aliphatic hydroxyl groups is 1. The zero-order valence-corrected chi connectivity index (χ0v) is 12.8. The fourth-order valence-corrected chi connectivity index (χ4v) is 2.14. The summed E-state index contributed by atoms with van der Waals surface area (Å²) in [5.41, 5.74) is 1.09. The lowest BCUT2D eigenvalue weighted by Gasteiger charge is -2.21. The molecule has 1 unspecified atom stereocenters. The molecule has 19 heavy (non-hydrogen) atoms. The molecule has 4 heteroatoms. The van der Waals surface area contributed by atoms with Crippen LogP contribution in [0.25, 0.3) is 0 Å². The van der Waals surface area contributed by atoms with Crippen LogP contribution in [0.4, 0.5) is 0 Å². The van der Waals surface area contributed by atoms with Gasteiger partial charge in [-0.25, -0.2) is 0 Å². The van der Waals surface area contributed by atoms with E-state index >= 15 is 0 Å². The summed E-state index contributed by atoms with van der Waals surface area (Å²) in [5, 5.41) is 14.0. The Kier molecular flexibility index (Phi) is 7.39. The summed E-state index contributed by atoms with van der Waals surface area (Å²) < 4.78 is 0. The number of hydrogen-bond acceptors (Lipinski definition) is 3. The summed E-state index contributed by atoms with van der Waals surface area (Å²) in [5.74, 6) is 0.605. The molecule has 0 heterocycles. The van der Waals surface area contributed by atoms with Crippen LogP contribution in [0.3, 0.4) is 0 Å². The molecule has 3 nitrogen and oxygen atoms in total. The van der Waals surface area contributed by atoms with Crippen molar-refractivity contribution in [3.8, 4) is 0 Å². The van der Waals surface area contributed by atoms with Crippen LogP contribution in [0.1, 0.15) is 19.4 Å². The Balaban J connectivity index is 2.30. The molecule has 0 aliphatic heterocycles. The summed E-state index contributed by atoms with van der Waals surface area (Å²) in [4.78, 5) is 2.09. The molecule has 1 atom stereocenters. The first-order chi connectivity index (χ1) is 8.99. The minimum atomic E-state index is -0.355. The maximum absolute atomic E-state index is 9.94. The third-order valence-corrected chi connectivity index (χ3v) is 3.22. The van der Waals surface area contributed by atoms with Crippen LogP contribution in [0.15, 0.2) is 24.3 Å². The Morgan fingerprint density at radius 3 is 2.58 bits per heavy atom. The molecule has 0 radical (unpaired) electrons. The van der Waals surface area contributed by atoms with Crippen LogP contribution in [-0.4, -0.2) is 42.8 Å². The standard InChI is InChI=1S/C15H25ClN2O/c1-12(2)8-17-9-14(19)11-18(3)10-13-6-4-5-7-15(13)16/h4-7,12,14,17,19H,8-11H2,1-3H3. The van der Waals surface area contributed by atoms with Gasteiger partial charge < -0.3 is 10.4 Å². The maximum Gasteiger partial charge on any atom is 0.0791 e. The third kappa shape index (κ3) is 6.92. The van der Waals surface area contributed by atoms with Gasteiger partial charge in [-0.15, -0.1) is 0 Å². The molecule has 1 aromatic carbocycles. The zero-order chi connectivity index (χ0) is 14.3. The number of likely N-dealkylation sites (N-methyl/N-ethyl adjacent to an activating group) is 1. The lowest BCUT2D eigenvalue weighted by atomic mass is 10.2. The molecule has 0 amide bonds. The van der Waals surface area contributed by atoms with Crippen molar-refractivity contribution in [3.05, 3.63) is 34.9 Å². The van der Waals surface area contributed by atoms with E-state index in [-0.39, 0.29) is 6.10 Å². The van der Waals surface area contributed by atoms with Gasteiger partial charge in [0.05, 0.1) is 6.10 Å². The van der Waals surface area contributed by atoms with Crippen LogP contribution in [-0.2, 0) is 6.54 Å². The Hall–Kier alpha value is -0.610. The third-order valence-electron chi connectivity index (χ3n) is 2.85. The second kappa shape index (κ2) is 8.54. The molecule has 0 saturated carbocycles. The predicted octanol–water partition coefficient (Wildman–Crippen LogP) is 2.38. The van der Waals surface area contributed by atoms with Crippen LogP contribution < -0.4 is 5.32 Å². The second-order valence-corrected chi connectivity index (χ2v) is 5.90. The fourth-order valence-electron chi connectivity index (χ4n) is 1.94. The lowest BCUT2D eigenvalue weighted by Crippen LogP contribution is -2.37. The summed E-state index contributed by atoms with van der Waals surface area (Å²) in [7, 11) is 2.00. The molecule has 0 saturated heterocycles. The minimum Gasteiger partial charge on any atom is -0.390 e. The van der Waals surface area contributed by atoms with E-state index in [9.17, 15) is 5.11 Å². The van der Waals surface area contributed by atoms with Crippen molar-refractivity contribution in [2.24, 2.45) is 5.92 Å². The van der Waals surface area contributed by atoms with E-state index < -0.39 is 0 Å². The molecule has 0 aliphatic rings. The number of benzene rings is 1. The zero-order valence-electron chi connectivity index (χ0n) is 12.1. The van der Waals surface area contributed by atoms with Crippen LogP contribution in [0.2, 0.25) is 5.02 Å². The van der Waals surface area contributed by atoms with Gasteiger partial charge in [0, 0.05) is 24.7 Å². The molecule has 0 aliphatic carbocycles. The summed E-state index contributed by atoms with van der Waals surface area (Å²) >= 11 is 6.12. The SMILES string of the molecule is CC(C)CNCC(O)CN(C)Cc1ccccc1Cl. The van der Waals surface area contributed by atoms with Gasteiger partial charge in [0.1, 0.15) is 0 Å². The Morgan fingerprint density at radius 2 is 1.95 bits per heavy atom. The largest absolute Gasteiger partial charge is 0.390 e. The van der Waals surface area contributed by atoms with E-state index in [1.807, 2.05) is 31.3 Å². The molecule has 0 aromatic heterocycles. The average molecular weight is 285 g/mol. The first-order valence-corrected chi connectivity index (χ1v) is 7.17. The number of rotatable bonds is 8. The highest BCUT2D eigenvalue weighted by molar-refractivity contribution is 6.31. The van der Waals surface area contributed by atoms with Crippen LogP contribution in [0.5, 0.6) is 0 Å². The number of hydrogen-bond donors (Lipinski definition) is 2. The monoisotopic (exact) mass is 284 g/mol. The van der Waals surface area contributed by atoms with Gasteiger partial charge in [0.25, 0.3) is 0 Å². The van der Waals surface area contributed by atoms with E-state index in [0.717, 1.165) is 23.7 Å². The molecule has 2 N–H and O–H groups in total. The van der Waals surface area contributed by atoms with Gasteiger partial charge in [-0.1, -0.05) is 43.6 Å². The predicted molar refractivity (Wildman–Crippen MR) is 81.5 cm³/mol. The van der Waals surface area contributed by atoms with Gasteiger partial charge >= 0.3 is 0 Å². The molecule has 0 spiro atoms. The average Bonchev–Trinajstić information content (AvgIpc) is 2.31. The van der Waals surface area contributed by atoms with Gasteiger partial charge in [-0.3, -0.25) is 4.90 Å². The van der Waals surface area contributed by atoms with Crippen molar-refractivity contribution in [1.82, 2.24) is 10.2 Å². The summed E-state index contributed by atoms with van der Waals surface area (Å²) in [6.45, 7) is 7.26. The van der Waals surface area contributed by atoms with E-state index in [4.69, 9.17) is 11.6 Å². The van der Waals surface area contributed by atoms with Crippen molar-refractivity contribution in [2.45, 2.75) is 26.5 Å². The number of aliphatic hydroxyl groups excluding tert-OH is 1. The highest BCUT2D eigenvalue weighted by Crippen LogP contribution is 2.16. The minimum absolute atomic E-state index is 0.355. The molecule has 0 fully saturated rings. The van der Waals surface area contributed by atoms with Crippen LogP contribution in [0, 0.1) is 5.92 Å². The molecule has 108 valence electrons. The number of nitrogens with one attached hydrogen (secondary N) is 1. The van der Waals surface area contributed by atoms with Gasteiger partial charge in [0.2, 0.25) is 0 Å². The molecule has 1 aromatic rings. The van der Waals surface area contributed by atoms with Gasteiger partial charge in [-0.2, -0.15) is 0 Å². The lowest BCUT2D eigenvalue weighted by molar-refractivity contribution is 0.120. The van der Waals surface area contributed by atoms with E-state index in [1.54, 1.807) is 0 Å². The fraction of sp³-hybridized carbons (Fsp3) is 0.600. The molecular weight excluding hydrogens is 260 g/mol. The van der Waals surface area contributed by atoms with Crippen LogP contribution >= 0.6 is 11.6 Å². The number of halogens is 1. The highest BCUT2D eigenvalue weighted by atomic mass is 35.5. The second-order valence-electron chi connectivity index (χ2n) is 5.49. The first-order valence-electron chi connectivity index (χ1n) is 6.79. The van der Waals surface area contributed by atoms with Gasteiger partial charge in [0.15, 0.2) is 0 Å². The van der Waals surface area contributed by atoms with Crippen molar-refractivity contribution in [2.75, 3.05) is 26.7 Å². The van der Waals surface area contributed by atoms with Crippen molar-refractivity contribution >= 4 is 11.6 Å². The number of nitrogens with zero attached hydrogens (tertiary/aromatic N) is 1. The van der Waals surface area contributed by atoms with E-state index in [1.165, 1.54) is 0 Å². The smallest absolute Gasteiger partial charge is 0.0791 e. The van der Waals surface area contributed by atoms with Crippen molar-refractivity contribution < 1.29 is 5.11 Å². The van der Waals surface area contributed by atoms with Crippen molar-refractivity contribution in [3.63, 3.8) is 0 Å². The Labute approximate surface area is 121 Å². The maximum atomic E-state index is 9.94. The topological polar surface area (TPSA) is 35.5 Å². The molecular formula is C15H25ClN2O. The Morgan fingerprint density at radius 1 is 1.26 bits per heavy atom. The van der Waals surface area contributed by atoms with E-state index in [0.29, 0.717) is 19.0 Å². The first kappa shape index (κ1) is 16.4. The summed E-state index contributed by atoms with van der Waals surface area (Å²) in [6.07, 6.45) is -0.355. The molecule has 0 bridgehead atoms. The summed E-state index contributed by atoms with van der Waals surface area (Å²) in [6, 6.07) is 7.82. The normalized spacial score (nSPS) is 13.2. The van der Waals surface area contributed by atoms with E-state index in [2.05, 4.69) is 24.1 Å². The van der Waals surface area contributed by atoms with Crippen molar-refractivity contribution in [1.29, 1.82) is 0 Å². The Bertz CT molecular complexity index is 371. The van der Waals surface area contributed by atoms with Gasteiger partial charge in [-0.05, 0) is 31.1 Å². The highest BCUT2D eigenvalue weighted by Gasteiger charge is 2.09. The quantitative estimate of drug-likeness (QED) is 0.769.